The summed E-state index contributed by atoms with van der Waals surface area (Å²) >= 11 is 1.34. The van der Waals surface area contributed by atoms with Crippen LogP contribution < -0.4 is 5.32 Å². The summed E-state index contributed by atoms with van der Waals surface area (Å²) in [7, 11) is 0. The summed E-state index contributed by atoms with van der Waals surface area (Å²) in [5.74, 6) is -1.25. The summed E-state index contributed by atoms with van der Waals surface area (Å²) in [5.41, 5.74) is 2.60. The highest BCUT2D eigenvalue weighted by molar-refractivity contribution is 8.16. The second-order valence-corrected chi connectivity index (χ2v) is 8.58. The number of hydrogen-bond acceptors (Lipinski definition) is 6. The van der Waals surface area contributed by atoms with Crippen molar-refractivity contribution < 1.29 is 18.7 Å². The Bertz CT molecular complexity index is 1210. The molecule has 6 nitrogen and oxygen atoms in total. The van der Waals surface area contributed by atoms with E-state index in [0.717, 1.165) is 5.56 Å². The number of aliphatic imine (C=N–C) groups is 1. The fourth-order valence-electron chi connectivity index (χ4n) is 3.86. The Hall–Kier alpha value is -3.65. The maximum absolute atomic E-state index is 15.0. The van der Waals surface area contributed by atoms with Crippen LogP contribution in [0.5, 0.6) is 0 Å². The van der Waals surface area contributed by atoms with E-state index >= 15 is 0 Å². The average Bonchev–Trinajstić information content (AvgIpc) is 3.23. The standard InChI is InChI=1S/C26H24FN3O3S/c1-3-13-33-25(32)23-17(2)29-26-30(24(23)20-11-7-8-12-21(20)27)19(16-34-26)14-22(31)28-15-18-9-5-4-6-10-18/h3-12,16,24H,1,13-15H2,2H3,(H,28,31)/t24-/m1/s1. The molecule has 2 aromatic carbocycles. The largest absolute Gasteiger partial charge is 0.458 e. The monoisotopic (exact) mass is 477 g/mol. The van der Waals surface area contributed by atoms with Gasteiger partial charge >= 0.3 is 5.97 Å². The Balaban J connectivity index is 1.62. The Morgan fingerprint density at radius 2 is 1.94 bits per heavy atom. The molecule has 2 heterocycles. The molecule has 0 bridgehead atoms. The number of fused-ring (bicyclic) bond motifs is 1. The van der Waals surface area contributed by atoms with Gasteiger partial charge in [-0.25, -0.2) is 14.2 Å². The third-order valence-corrected chi connectivity index (χ3v) is 6.32. The van der Waals surface area contributed by atoms with Gasteiger partial charge in [0, 0.05) is 17.8 Å². The van der Waals surface area contributed by atoms with E-state index in [0.29, 0.717) is 28.7 Å². The van der Waals surface area contributed by atoms with Crippen LogP contribution in [0.1, 0.15) is 30.5 Å². The van der Waals surface area contributed by atoms with Gasteiger partial charge in [0.15, 0.2) is 5.17 Å². The van der Waals surface area contributed by atoms with Crippen LogP contribution in [0.2, 0.25) is 0 Å². The van der Waals surface area contributed by atoms with Crippen LogP contribution in [0.15, 0.2) is 94.6 Å². The smallest absolute Gasteiger partial charge is 0.338 e. The van der Waals surface area contributed by atoms with Crippen LogP contribution in [-0.4, -0.2) is 28.6 Å². The van der Waals surface area contributed by atoms with Crippen molar-refractivity contribution in [2.45, 2.75) is 25.9 Å². The van der Waals surface area contributed by atoms with Gasteiger partial charge in [-0.2, -0.15) is 0 Å². The second kappa shape index (κ2) is 10.5. The molecule has 0 aliphatic carbocycles. The summed E-state index contributed by atoms with van der Waals surface area (Å²) in [6.45, 7) is 5.70. The Labute approximate surface area is 201 Å². The van der Waals surface area contributed by atoms with Gasteiger partial charge in [-0.1, -0.05) is 72.9 Å². The summed E-state index contributed by atoms with van der Waals surface area (Å²) in [5, 5.41) is 5.31. The highest BCUT2D eigenvalue weighted by Crippen LogP contribution is 2.45. The molecule has 1 atom stereocenters. The van der Waals surface area contributed by atoms with Gasteiger partial charge in [-0.15, -0.1) is 0 Å². The van der Waals surface area contributed by atoms with Crippen LogP contribution >= 0.6 is 11.8 Å². The zero-order chi connectivity index (χ0) is 24.1. The summed E-state index contributed by atoms with van der Waals surface area (Å²) in [6.07, 6.45) is 1.52. The lowest BCUT2D eigenvalue weighted by Crippen LogP contribution is -2.38. The second-order valence-electron chi connectivity index (χ2n) is 7.74. The Morgan fingerprint density at radius 1 is 1.21 bits per heavy atom. The van der Waals surface area contributed by atoms with Gasteiger partial charge in [-0.3, -0.25) is 4.79 Å². The van der Waals surface area contributed by atoms with Crippen LogP contribution in [0.3, 0.4) is 0 Å². The van der Waals surface area contributed by atoms with E-state index in [-0.39, 0.29) is 24.5 Å². The van der Waals surface area contributed by atoms with Crippen molar-refractivity contribution in [1.82, 2.24) is 10.2 Å². The Kier molecular flexibility index (Phi) is 7.27. The third kappa shape index (κ3) is 4.97. The maximum Gasteiger partial charge on any atom is 0.338 e. The molecule has 0 spiro atoms. The maximum atomic E-state index is 15.0. The first-order valence-electron chi connectivity index (χ1n) is 10.8. The number of amidine groups is 1. The molecule has 174 valence electrons. The van der Waals surface area contributed by atoms with E-state index in [9.17, 15) is 14.0 Å². The molecular weight excluding hydrogens is 453 g/mol. The molecule has 1 amide bonds. The van der Waals surface area contributed by atoms with Crippen LogP contribution in [0.25, 0.3) is 0 Å². The lowest BCUT2D eigenvalue weighted by Gasteiger charge is -2.36. The van der Waals surface area contributed by atoms with E-state index < -0.39 is 17.8 Å². The van der Waals surface area contributed by atoms with E-state index in [2.05, 4.69) is 16.9 Å². The third-order valence-electron chi connectivity index (χ3n) is 5.43. The molecule has 0 radical (unpaired) electrons. The molecular formula is C26H24FN3O3S. The molecule has 0 aromatic heterocycles. The van der Waals surface area contributed by atoms with Gasteiger partial charge in [0.2, 0.25) is 5.91 Å². The van der Waals surface area contributed by atoms with Crippen molar-refractivity contribution in [2.75, 3.05) is 6.61 Å². The highest BCUT2D eigenvalue weighted by Gasteiger charge is 2.42. The fourth-order valence-corrected chi connectivity index (χ4v) is 4.82. The number of rotatable bonds is 8. The minimum Gasteiger partial charge on any atom is -0.458 e. The lowest BCUT2D eigenvalue weighted by atomic mass is 9.93. The first-order valence-corrected chi connectivity index (χ1v) is 11.6. The number of benzene rings is 2. The van der Waals surface area contributed by atoms with Crippen LogP contribution in [-0.2, 0) is 20.9 Å². The van der Waals surface area contributed by atoms with Gasteiger partial charge in [0.1, 0.15) is 12.4 Å². The van der Waals surface area contributed by atoms with Crippen LogP contribution in [0.4, 0.5) is 4.39 Å². The van der Waals surface area contributed by atoms with E-state index in [1.54, 1.807) is 30.0 Å². The molecule has 0 fully saturated rings. The molecule has 4 rings (SSSR count). The predicted octanol–water partition coefficient (Wildman–Crippen LogP) is 4.84. The molecule has 2 aliphatic heterocycles. The molecule has 0 saturated carbocycles. The van der Waals surface area contributed by atoms with Gasteiger partial charge in [0.05, 0.1) is 23.7 Å². The first kappa shape index (κ1) is 23.5. The number of nitrogens with one attached hydrogen (secondary N) is 1. The number of carbonyl (C=O) groups is 2. The minimum absolute atomic E-state index is 0.0233. The number of ether oxygens (including phenoxy) is 1. The lowest BCUT2D eigenvalue weighted by molar-refractivity contribution is -0.138. The number of esters is 1. The quantitative estimate of drug-likeness (QED) is 0.435. The van der Waals surface area contributed by atoms with E-state index in [4.69, 9.17) is 4.74 Å². The van der Waals surface area contributed by atoms with Crippen molar-refractivity contribution in [3.05, 3.63) is 107 Å². The topological polar surface area (TPSA) is 71.0 Å². The zero-order valence-electron chi connectivity index (χ0n) is 18.7. The number of halogens is 1. The van der Waals surface area contributed by atoms with Gasteiger partial charge in [-0.05, 0) is 24.0 Å². The normalized spacial score (nSPS) is 17.0. The molecule has 8 heteroatoms. The summed E-state index contributed by atoms with van der Waals surface area (Å²) in [6, 6.07) is 15.1. The average molecular weight is 478 g/mol. The number of nitrogens with zero attached hydrogens (tertiary/aromatic N) is 2. The number of allylic oxidation sites excluding steroid dienone is 1. The zero-order valence-corrected chi connectivity index (χ0v) is 19.5. The fraction of sp³-hybridized carbons (Fsp3) is 0.192. The highest BCUT2D eigenvalue weighted by atomic mass is 32.2. The van der Waals surface area contributed by atoms with Gasteiger partial charge < -0.3 is 15.0 Å². The van der Waals surface area contributed by atoms with Crippen molar-refractivity contribution in [3.8, 4) is 0 Å². The molecule has 1 N–H and O–H groups in total. The van der Waals surface area contributed by atoms with Crippen molar-refractivity contribution in [2.24, 2.45) is 4.99 Å². The molecule has 0 saturated heterocycles. The van der Waals surface area contributed by atoms with Gasteiger partial charge in [0.25, 0.3) is 0 Å². The molecule has 2 aliphatic rings. The van der Waals surface area contributed by atoms with Crippen molar-refractivity contribution in [1.29, 1.82) is 0 Å². The number of carbonyl (C=O) groups excluding carboxylic acids is 2. The minimum atomic E-state index is -0.811. The van der Waals surface area contributed by atoms with E-state index in [1.165, 1.54) is 23.9 Å². The number of amides is 1. The summed E-state index contributed by atoms with van der Waals surface area (Å²) in [4.78, 5) is 32.1. The van der Waals surface area contributed by atoms with E-state index in [1.807, 2.05) is 35.7 Å². The molecule has 2 aromatic rings. The number of hydrogen-bond donors (Lipinski definition) is 1. The SMILES string of the molecule is C=CCOC(=O)C1=C(C)N=C2SC=C(CC(=O)NCc3ccccc3)N2[C@@H]1c1ccccc1F. The van der Waals surface area contributed by atoms with Crippen molar-refractivity contribution >= 4 is 28.8 Å². The van der Waals surface area contributed by atoms with Crippen molar-refractivity contribution in [3.63, 3.8) is 0 Å². The first-order chi connectivity index (χ1) is 16.5. The van der Waals surface area contributed by atoms with Crippen LogP contribution in [0, 0.1) is 5.82 Å². The Morgan fingerprint density at radius 3 is 2.68 bits per heavy atom. The molecule has 0 unspecified atom stereocenters. The summed E-state index contributed by atoms with van der Waals surface area (Å²) < 4.78 is 20.3. The number of thioether (sulfide) groups is 1. The predicted molar refractivity (Wildman–Crippen MR) is 131 cm³/mol. The molecule has 34 heavy (non-hydrogen) atoms.